The van der Waals surface area contributed by atoms with Crippen LogP contribution in [0, 0.1) is 13.8 Å². The highest BCUT2D eigenvalue weighted by molar-refractivity contribution is 7.98. The largest absolute Gasteiger partial charge is 0.338 e. The van der Waals surface area contributed by atoms with E-state index < -0.39 is 0 Å². The molecular weight excluding hydrogens is 276 g/mol. The molecule has 0 aliphatic carbocycles. The number of aryl methyl sites for hydroxylation is 2. The van der Waals surface area contributed by atoms with Crippen molar-refractivity contribution in [1.82, 2.24) is 30.3 Å². The molecule has 0 amide bonds. The van der Waals surface area contributed by atoms with Gasteiger partial charge in [0.25, 0.3) is 0 Å². The number of thioether (sulfide) groups is 1. The summed E-state index contributed by atoms with van der Waals surface area (Å²) in [6.45, 7) is 3.81. The summed E-state index contributed by atoms with van der Waals surface area (Å²) in [7, 11) is 0. The van der Waals surface area contributed by atoms with Crippen LogP contribution in [0.5, 0.6) is 0 Å². The number of para-hydroxylation sites is 1. The number of tetrazole rings is 1. The van der Waals surface area contributed by atoms with Gasteiger partial charge in [-0.05, 0) is 35.9 Å². The monoisotopic (exact) mass is 288 g/mol. The smallest absolute Gasteiger partial charge is 0.237 e. The van der Waals surface area contributed by atoms with Gasteiger partial charge in [-0.1, -0.05) is 35.1 Å². The van der Waals surface area contributed by atoms with Crippen molar-refractivity contribution in [3.05, 3.63) is 41.5 Å². The molecule has 2 heterocycles. The fraction of sp³-hybridized carbons (Fsp3) is 0.250. The van der Waals surface area contributed by atoms with E-state index in [1.54, 1.807) is 11.6 Å². The molecule has 20 heavy (non-hydrogen) atoms. The first-order valence-electron chi connectivity index (χ1n) is 6.00. The lowest BCUT2D eigenvalue weighted by molar-refractivity contribution is 0.387. The van der Waals surface area contributed by atoms with Crippen LogP contribution < -0.4 is 0 Å². The molecule has 1 aromatic carbocycles. The molecule has 2 aromatic heterocycles. The fourth-order valence-electron chi connectivity index (χ4n) is 1.75. The molecule has 7 nitrogen and oxygen atoms in total. The Morgan fingerprint density at radius 3 is 2.85 bits per heavy atom. The van der Waals surface area contributed by atoms with E-state index in [1.165, 1.54) is 11.8 Å². The van der Waals surface area contributed by atoms with Gasteiger partial charge in [0, 0.05) is 0 Å². The molecule has 8 heteroatoms. The normalized spacial score (nSPS) is 10.9. The Kier molecular flexibility index (Phi) is 3.46. The van der Waals surface area contributed by atoms with Crippen molar-refractivity contribution >= 4 is 11.8 Å². The maximum atomic E-state index is 5.07. The first kappa shape index (κ1) is 12.8. The minimum atomic E-state index is 0.535. The Hall–Kier alpha value is -2.22. The zero-order valence-corrected chi connectivity index (χ0v) is 11.8. The van der Waals surface area contributed by atoms with Crippen LogP contribution in [0.15, 0.2) is 33.9 Å². The molecule has 0 aliphatic rings. The lowest BCUT2D eigenvalue weighted by Gasteiger charge is -2.05. The summed E-state index contributed by atoms with van der Waals surface area (Å²) >= 11 is 1.45. The molecule has 0 N–H and O–H groups in total. The van der Waals surface area contributed by atoms with Gasteiger partial charge in [0.2, 0.25) is 11.0 Å². The predicted octanol–water partition coefficient (Wildman–Crippen LogP) is 1.95. The number of nitrogens with zero attached hydrogens (tertiary/aromatic N) is 6. The Bertz CT molecular complexity index is 722. The second-order valence-electron chi connectivity index (χ2n) is 4.18. The topological polar surface area (TPSA) is 82.5 Å². The van der Waals surface area contributed by atoms with Gasteiger partial charge in [0.1, 0.15) is 0 Å². The summed E-state index contributed by atoms with van der Waals surface area (Å²) in [5.74, 6) is 1.72. The van der Waals surface area contributed by atoms with Crippen molar-refractivity contribution in [2.75, 3.05) is 0 Å². The average Bonchev–Trinajstić information content (AvgIpc) is 3.06. The molecule has 0 atom stereocenters. The predicted molar refractivity (Wildman–Crippen MR) is 72.5 cm³/mol. The number of rotatable bonds is 4. The van der Waals surface area contributed by atoms with Gasteiger partial charge in [-0.25, -0.2) is 0 Å². The molecule has 0 unspecified atom stereocenters. The maximum Gasteiger partial charge on any atom is 0.237 e. The third-order valence-corrected chi connectivity index (χ3v) is 3.58. The zero-order chi connectivity index (χ0) is 13.9. The highest BCUT2D eigenvalue weighted by Gasteiger charge is 2.12. The van der Waals surface area contributed by atoms with E-state index >= 15 is 0 Å². The van der Waals surface area contributed by atoms with Gasteiger partial charge in [0.15, 0.2) is 5.82 Å². The van der Waals surface area contributed by atoms with Crippen LogP contribution in [0.3, 0.4) is 0 Å². The molecule has 0 bridgehead atoms. The Labute approximate surface area is 119 Å². The van der Waals surface area contributed by atoms with Crippen molar-refractivity contribution < 1.29 is 4.52 Å². The van der Waals surface area contributed by atoms with Crippen molar-refractivity contribution in [3.63, 3.8) is 0 Å². The molecule has 0 saturated heterocycles. The molecule has 3 aromatic rings. The number of benzene rings is 1. The second-order valence-corrected chi connectivity index (χ2v) is 5.13. The molecule has 3 rings (SSSR count). The van der Waals surface area contributed by atoms with Gasteiger partial charge >= 0.3 is 0 Å². The van der Waals surface area contributed by atoms with E-state index in [1.807, 2.05) is 31.2 Å². The lowest BCUT2D eigenvalue weighted by Crippen LogP contribution is -2.01. The van der Waals surface area contributed by atoms with Gasteiger partial charge in [-0.2, -0.15) is 9.67 Å². The van der Waals surface area contributed by atoms with Crippen molar-refractivity contribution in [1.29, 1.82) is 0 Å². The van der Waals surface area contributed by atoms with Crippen molar-refractivity contribution in [2.24, 2.45) is 0 Å². The zero-order valence-electron chi connectivity index (χ0n) is 11.0. The van der Waals surface area contributed by atoms with E-state index in [2.05, 4.69) is 25.7 Å². The summed E-state index contributed by atoms with van der Waals surface area (Å²) in [4.78, 5) is 4.15. The Morgan fingerprint density at radius 2 is 2.10 bits per heavy atom. The molecule has 0 radical (unpaired) electrons. The first-order valence-corrected chi connectivity index (χ1v) is 6.99. The highest BCUT2D eigenvalue weighted by atomic mass is 32.2. The van der Waals surface area contributed by atoms with E-state index in [9.17, 15) is 0 Å². The summed E-state index contributed by atoms with van der Waals surface area (Å²) < 4.78 is 6.78. The quantitative estimate of drug-likeness (QED) is 0.678. The van der Waals surface area contributed by atoms with Crippen LogP contribution in [0.1, 0.15) is 17.3 Å². The minimum absolute atomic E-state index is 0.535. The Morgan fingerprint density at radius 1 is 1.25 bits per heavy atom. The molecule has 0 saturated carbocycles. The Balaban J connectivity index is 1.82. The summed E-state index contributed by atoms with van der Waals surface area (Å²) in [6, 6.07) is 7.94. The standard InChI is InChI=1S/C12H12N6OS/c1-8-5-3-4-6-10(8)18-12(14-16-17-18)20-7-11-13-9(2)15-19-11/h3-6H,7H2,1-2H3. The molecule has 0 fully saturated rings. The van der Waals surface area contributed by atoms with Crippen LogP contribution in [0.4, 0.5) is 0 Å². The van der Waals surface area contributed by atoms with Gasteiger partial charge in [0.05, 0.1) is 11.4 Å². The highest BCUT2D eigenvalue weighted by Crippen LogP contribution is 2.23. The summed E-state index contributed by atoms with van der Waals surface area (Å²) in [5, 5.41) is 16.2. The van der Waals surface area contributed by atoms with Gasteiger partial charge in [-0.15, -0.1) is 5.10 Å². The number of hydrogen-bond donors (Lipinski definition) is 0. The number of hydrogen-bond acceptors (Lipinski definition) is 7. The first-order chi connectivity index (χ1) is 9.74. The van der Waals surface area contributed by atoms with E-state index in [0.717, 1.165) is 11.3 Å². The average molecular weight is 288 g/mol. The van der Waals surface area contributed by atoms with Crippen LogP contribution in [-0.2, 0) is 5.75 Å². The van der Waals surface area contributed by atoms with E-state index in [-0.39, 0.29) is 0 Å². The van der Waals surface area contributed by atoms with Crippen molar-refractivity contribution in [2.45, 2.75) is 24.8 Å². The van der Waals surface area contributed by atoms with Gasteiger partial charge < -0.3 is 4.52 Å². The van der Waals surface area contributed by atoms with Crippen LogP contribution in [-0.4, -0.2) is 30.3 Å². The maximum absolute atomic E-state index is 5.07. The fourth-order valence-corrected chi connectivity index (χ4v) is 2.47. The van der Waals surface area contributed by atoms with Crippen molar-refractivity contribution in [3.8, 4) is 5.69 Å². The summed E-state index contributed by atoms with van der Waals surface area (Å²) in [6.07, 6.45) is 0. The third kappa shape index (κ3) is 2.55. The van der Waals surface area contributed by atoms with Crippen LogP contribution in [0.2, 0.25) is 0 Å². The number of aromatic nitrogens is 6. The SMILES string of the molecule is Cc1noc(CSc2nnnn2-c2ccccc2C)n1. The molecular formula is C12H12N6OS. The van der Waals surface area contributed by atoms with E-state index in [0.29, 0.717) is 22.6 Å². The molecule has 0 spiro atoms. The molecule has 102 valence electrons. The third-order valence-electron chi connectivity index (χ3n) is 2.68. The van der Waals surface area contributed by atoms with E-state index in [4.69, 9.17) is 4.52 Å². The van der Waals surface area contributed by atoms with Gasteiger partial charge in [-0.3, -0.25) is 0 Å². The second kappa shape index (κ2) is 5.41. The summed E-state index contributed by atoms with van der Waals surface area (Å²) in [5.41, 5.74) is 2.07. The minimum Gasteiger partial charge on any atom is -0.338 e. The van der Waals surface area contributed by atoms with Crippen LogP contribution >= 0.6 is 11.8 Å². The van der Waals surface area contributed by atoms with Crippen LogP contribution in [0.25, 0.3) is 5.69 Å². The lowest BCUT2D eigenvalue weighted by atomic mass is 10.2. The molecule has 0 aliphatic heterocycles.